The quantitative estimate of drug-likeness (QED) is 0.634. The summed E-state index contributed by atoms with van der Waals surface area (Å²) in [7, 11) is 1.91. The number of aromatic hydroxyl groups is 1. The Morgan fingerprint density at radius 3 is 2.74 bits per heavy atom. The molecule has 10 heteroatoms. The van der Waals surface area contributed by atoms with Crippen LogP contribution >= 0.6 is 24.0 Å². The van der Waals surface area contributed by atoms with Gasteiger partial charge in [-0.15, -0.1) is 20.4 Å². The molecule has 0 spiro atoms. The molecule has 0 fully saturated rings. The summed E-state index contributed by atoms with van der Waals surface area (Å²) in [6, 6.07) is 3.05. The van der Waals surface area contributed by atoms with Gasteiger partial charge >= 0.3 is 0 Å². The van der Waals surface area contributed by atoms with Crippen LogP contribution in [0, 0.1) is 0 Å². The first-order chi connectivity index (χ1) is 11.2. The number of rotatable bonds is 5. The minimum absolute atomic E-state index is 0.0325. The fourth-order valence-corrected chi connectivity index (χ4v) is 2.85. The van der Waals surface area contributed by atoms with Crippen LogP contribution < -0.4 is 14.4 Å². The van der Waals surface area contributed by atoms with Gasteiger partial charge < -0.3 is 19.5 Å². The molecule has 2 aromatic rings. The van der Waals surface area contributed by atoms with Crippen LogP contribution in [-0.2, 0) is 0 Å². The monoisotopic (exact) mass is 353 g/mol. The molecule has 3 rings (SSSR count). The van der Waals surface area contributed by atoms with Crippen LogP contribution in [-0.4, -0.2) is 47.9 Å². The first-order valence-electron chi connectivity index (χ1n) is 6.87. The maximum atomic E-state index is 9.97. The highest BCUT2D eigenvalue weighted by molar-refractivity contribution is 7.80. The van der Waals surface area contributed by atoms with E-state index in [0.29, 0.717) is 29.8 Å². The van der Waals surface area contributed by atoms with Gasteiger partial charge in [-0.05, 0) is 0 Å². The molecule has 0 saturated carbocycles. The molecule has 0 saturated heterocycles. The van der Waals surface area contributed by atoms with Crippen LogP contribution in [0.2, 0.25) is 0 Å². The number of ether oxygens (including phenoxy) is 2. The highest BCUT2D eigenvalue weighted by Crippen LogP contribution is 2.41. The van der Waals surface area contributed by atoms with Crippen molar-refractivity contribution in [1.82, 2.24) is 10.2 Å². The van der Waals surface area contributed by atoms with Crippen molar-refractivity contribution in [3.63, 3.8) is 0 Å². The number of benzene rings is 1. The number of hydrogen-bond donors (Lipinski definition) is 2. The fourth-order valence-electron chi connectivity index (χ4n) is 1.89. The standard InChI is InChI=1S/C13H15N5O3S2/c1-18(2-5-22)13-17-16-12(23-13)15-14-8-6-10-11(7-9(8)19)21-4-3-20-10/h6-7,19,22H,2-5H2,1H3. The number of thiol groups is 1. The second kappa shape index (κ2) is 7.01. The van der Waals surface area contributed by atoms with E-state index in [2.05, 4.69) is 33.1 Å². The molecular formula is C13H15N5O3S2. The zero-order valence-electron chi connectivity index (χ0n) is 12.3. The number of hydrogen-bond acceptors (Lipinski definition) is 10. The van der Waals surface area contributed by atoms with Gasteiger partial charge in [0.05, 0.1) is 0 Å². The predicted octanol–water partition coefficient (Wildman–Crippen LogP) is 2.80. The Hall–Kier alpha value is -2.07. The van der Waals surface area contributed by atoms with Gasteiger partial charge in [0.2, 0.25) is 5.13 Å². The lowest BCUT2D eigenvalue weighted by atomic mass is 10.2. The molecule has 0 amide bonds. The van der Waals surface area contributed by atoms with Crippen LogP contribution in [0.4, 0.5) is 16.0 Å². The molecule has 0 aliphatic carbocycles. The summed E-state index contributed by atoms with van der Waals surface area (Å²) in [5.74, 6) is 1.72. The number of phenols is 1. The molecule has 8 nitrogen and oxygen atoms in total. The third kappa shape index (κ3) is 3.64. The molecule has 1 aromatic heterocycles. The van der Waals surface area contributed by atoms with Crippen LogP contribution in [0.3, 0.4) is 0 Å². The van der Waals surface area contributed by atoms with Gasteiger partial charge in [-0.25, -0.2) is 0 Å². The lowest BCUT2D eigenvalue weighted by Gasteiger charge is -2.18. The molecule has 0 unspecified atom stereocenters. The van der Waals surface area contributed by atoms with Crippen molar-refractivity contribution in [2.75, 3.05) is 37.5 Å². The second-order valence-electron chi connectivity index (χ2n) is 4.70. The highest BCUT2D eigenvalue weighted by atomic mass is 32.1. The third-order valence-electron chi connectivity index (χ3n) is 3.05. The molecule has 23 heavy (non-hydrogen) atoms. The van der Waals surface area contributed by atoms with E-state index in [4.69, 9.17) is 9.47 Å². The summed E-state index contributed by atoms with van der Waals surface area (Å²) in [6.07, 6.45) is 0. The maximum Gasteiger partial charge on any atom is 0.253 e. The SMILES string of the molecule is CN(CCS)c1nnc(N=Nc2cc3c(cc2O)OCCO3)s1. The number of fused-ring (bicyclic) bond motifs is 1. The molecule has 0 atom stereocenters. The first-order valence-corrected chi connectivity index (χ1v) is 8.32. The van der Waals surface area contributed by atoms with Crippen molar-refractivity contribution in [2.24, 2.45) is 10.2 Å². The van der Waals surface area contributed by atoms with E-state index in [1.165, 1.54) is 17.4 Å². The van der Waals surface area contributed by atoms with Crippen LogP contribution in [0.1, 0.15) is 0 Å². The molecule has 0 radical (unpaired) electrons. The Bertz CT molecular complexity index is 722. The Morgan fingerprint density at radius 2 is 2.00 bits per heavy atom. The van der Waals surface area contributed by atoms with Crippen molar-refractivity contribution < 1.29 is 14.6 Å². The molecule has 1 aliphatic heterocycles. The molecule has 122 valence electrons. The fraction of sp³-hybridized carbons (Fsp3) is 0.385. The van der Waals surface area contributed by atoms with Crippen molar-refractivity contribution in [3.05, 3.63) is 12.1 Å². The van der Waals surface area contributed by atoms with Crippen molar-refractivity contribution in [2.45, 2.75) is 0 Å². The van der Waals surface area contributed by atoms with Crippen molar-refractivity contribution in [1.29, 1.82) is 0 Å². The van der Waals surface area contributed by atoms with E-state index in [1.807, 2.05) is 11.9 Å². The minimum atomic E-state index is -0.0325. The third-order valence-corrected chi connectivity index (χ3v) is 4.17. The Kier molecular flexibility index (Phi) is 4.82. The summed E-state index contributed by atoms with van der Waals surface area (Å²) < 4.78 is 10.8. The zero-order valence-corrected chi connectivity index (χ0v) is 14.0. The van der Waals surface area contributed by atoms with Gasteiger partial charge in [-0.3, -0.25) is 0 Å². The largest absolute Gasteiger partial charge is 0.505 e. The van der Waals surface area contributed by atoms with Gasteiger partial charge in [0.1, 0.15) is 24.7 Å². The van der Waals surface area contributed by atoms with Gasteiger partial charge in [-0.2, -0.15) is 12.6 Å². The average molecular weight is 353 g/mol. The number of nitrogens with zero attached hydrogens (tertiary/aromatic N) is 5. The number of aromatic nitrogens is 2. The first kappa shape index (κ1) is 15.8. The summed E-state index contributed by atoms with van der Waals surface area (Å²) >= 11 is 5.49. The topological polar surface area (TPSA) is 92.4 Å². The van der Waals surface area contributed by atoms with E-state index in [0.717, 1.165) is 17.4 Å². The Balaban J connectivity index is 1.77. The van der Waals surface area contributed by atoms with Gasteiger partial charge in [0.15, 0.2) is 11.5 Å². The molecule has 2 heterocycles. The molecule has 1 aromatic carbocycles. The van der Waals surface area contributed by atoms with E-state index in [1.54, 1.807) is 6.07 Å². The lowest BCUT2D eigenvalue weighted by molar-refractivity contribution is 0.171. The molecule has 1 N–H and O–H groups in total. The molecule has 0 bridgehead atoms. The van der Waals surface area contributed by atoms with Crippen LogP contribution in [0.5, 0.6) is 17.2 Å². The smallest absolute Gasteiger partial charge is 0.253 e. The maximum absolute atomic E-state index is 9.97. The van der Waals surface area contributed by atoms with E-state index < -0.39 is 0 Å². The Morgan fingerprint density at radius 1 is 1.26 bits per heavy atom. The van der Waals surface area contributed by atoms with Gasteiger partial charge in [0, 0.05) is 31.5 Å². The van der Waals surface area contributed by atoms with E-state index in [-0.39, 0.29) is 11.4 Å². The molecule has 1 aliphatic rings. The van der Waals surface area contributed by atoms with Gasteiger partial charge in [0.25, 0.3) is 5.13 Å². The van der Waals surface area contributed by atoms with Crippen molar-refractivity contribution >= 4 is 39.9 Å². The number of phenolic OH excluding ortho intramolecular Hbond substituents is 1. The van der Waals surface area contributed by atoms with Crippen LogP contribution in [0.25, 0.3) is 0 Å². The summed E-state index contributed by atoms with van der Waals surface area (Å²) in [5.41, 5.74) is 0.287. The van der Waals surface area contributed by atoms with E-state index in [9.17, 15) is 5.11 Å². The number of anilines is 1. The predicted molar refractivity (Wildman–Crippen MR) is 90.3 cm³/mol. The van der Waals surface area contributed by atoms with E-state index >= 15 is 0 Å². The highest BCUT2D eigenvalue weighted by Gasteiger charge is 2.15. The Labute approximate surface area is 142 Å². The average Bonchev–Trinajstić information content (AvgIpc) is 3.02. The minimum Gasteiger partial charge on any atom is -0.505 e. The summed E-state index contributed by atoms with van der Waals surface area (Å²) in [5, 5.41) is 27.1. The summed E-state index contributed by atoms with van der Waals surface area (Å²) in [4.78, 5) is 1.94. The number of azo groups is 1. The normalized spacial score (nSPS) is 13.5. The van der Waals surface area contributed by atoms with Crippen LogP contribution in [0.15, 0.2) is 22.4 Å². The van der Waals surface area contributed by atoms with Gasteiger partial charge in [-0.1, -0.05) is 11.3 Å². The zero-order chi connectivity index (χ0) is 16.2. The molecular weight excluding hydrogens is 338 g/mol. The second-order valence-corrected chi connectivity index (χ2v) is 6.08. The lowest BCUT2D eigenvalue weighted by Crippen LogP contribution is -2.19. The van der Waals surface area contributed by atoms with Crippen molar-refractivity contribution in [3.8, 4) is 17.2 Å². The summed E-state index contributed by atoms with van der Waals surface area (Å²) in [6.45, 7) is 1.68.